The van der Waals surface area contributed by atoms with E-state index in [-0.39, 0.29) is 31.0 Å². The van der Waals surface area contributed by atoms with Gasteiger partial charge in [0.2, 0.25) is 0 Å². The number of carbonyl (C=O) groups excluding carboxylic acids is 2. The first-order chi connectivity index (χ1) is 10.0. The Labute approximate surface area is 136 Å². The van der Waals surface area contributed by atoms with Gasteiger partial charge in [-0.05, 0) is 44.0 Å². The standard InChI is InChI=1S/C15H21N3O3.ClH/c1-10-5-11(7-16)8-18(10)15(20)12-3-2-4-13(6-12)21-9-14(17)19;/h2-4,6,10-11H,5,7-9,16H2,1H3,(H2,17,19);1H. The Morgan fingerprint density at radius 1 is 1.41 bits per heavy atom. The molecule has 1 aromatic rings. The topological polar surface area (TPSA) is 98.7 Å². The molecule has 1 heterocycles. The molecule has 7 heteroatoms. The minimum absolute atomic E-state index is 0. The van der Waals surface area contributed by atoms with Crippen LogP contribution in [0.5, 0.6) is 5.75 Å². The van der Waals surface area contributed by atoms with E-state index in [1.807, 2.05) is 11.8 Å². The maximum absolute atomic E-state index is 12.5. The summed E-state index contributed by atoms with van der Waals surface area (Å²) >= 11 is 0. The number of halogens is 1. The molecule has 1 aromatic carbocycles. The number of nitrogens with two attached hydrogens (primary N) is 2. The van der Waals surface area contributed by atoms with Gasteiger partial charge in [0.1, 0.15) is 5.75 Å². The van der Waals surface area contributed by atoms with Crippen LogP contribution in [0.1, 0.15) is 23.7 Å². The Kier molecular flexibility index (Phi) is 6.64. The number of hydrogen-bond acceptors (Lipinski definition) is 4. The number of rotatable bonds is 5. The first-order valence-corrected chi connectivity index (χ1v) is 7.03. The average Bonchev–Trinajstić information content (AvgIpc) is 2.86. The van der Waals surface area contributed by atoms with Crippen LogP contribution in [-0.4, -0.2) is 42.5 Å². The van der Waals surface area contributed by atoms with E-state index in [0.29, 0.717) is 30.3 Å². The molecule has 4 N–H and O–H groups in total. The molecule has 0 bridgehead atoms. The Hall–Kier alpha value is -1.79. The summed E-state index contributed by atoms with van der Waals surface area (Å²) in [5, 5.41) is 0. The van der Waals surface area contributed by atoms with Gasteiger partial charge in [-0.15, -0.1) is 12.4 Å². The number of carbonyl (C=O) groups is 2. The molecule has 0 aromatic heterocycles. The fraction of sp³-hybridized carbons (Fsp3) is 0.467. The summed E-state index contributed by atoms with van der Waals surface area (Å²) in [6, 6.07) is 6.97. The monoisotopic (exact) mass is 327 g/mol. The number of likely N-dealkylation sites (tertiary alicyclic amines) is 1. The smallest absolute Gasteiger partial charge is 0.255 e. The molecule has 22 heavy (non-hydrogen) atoms. The molecule has 1 aliphatic rings. The van der Waals surface area contributed by atoms with Crippen LogP contribution in [-0.2, 0) is 4.79 Å². The summed E-state index contributed by atoms with van der Waals surface area (Å²) < 4.78 is 5.22. The summed E-state index contributed by atoms with van der Waals surface area (Å²) in [5.74, 6) is 0.230. The van der Waals surface area contributed by atoms with Gasteiger partial charge in [0.05, 0.1) is 0 Å². The Balaban J connectivity index is 0.00000242. The molecule has 2 rings (SSSR count). The lowest BCUT2D eigenvalue weighted by Crippen LogP contribution is -2.34. The molecular weight excluding hydrogens is 306 g/mol. The van der Waals surface area contributed by atoms with E-state index in [9.17, 15) is 9.59 Å². The minimum Gasteiger partial charge on any atom is -0.484 e. The average molecular weight is 328 g/mol. The Morgan fingerprint density at radius 3 is 2.73 bits per heavy atom. The number of hydrogen-bond donors (Lipinski definition) is 2. The van der Waals surface area contributed by atoms with Crippen molar-refractivity contribution >= 4 is 24.2 Å². The van der Waals surface area contributed by atoms with Crippen molar-refractivity contribution in [2.45, 2.75) is 19.4 Å². The third kappa shape index (κ3) is 4.35. The summed E-state index contributed by atoms with van der Waals surface area (Å²) in [6.07, 6.45) is 0.931. The predicted octanol–water partition coefficient (Wildman–Crippen LogP) is 0.782. The highest BCUT2D eigenvalue weighted by atomic mass is 35.5. The molecule has 0 saturated carbocycles. The summed E-state index contributed by atoms with van der Waals surface area (Å²) in [6.45, 7) is 3.10. The van der Waals surface area contributed by atoms with Gasteiger partial charge in [0, 0.05) is 18.2 Å². The molecule has 1 aliphatic heterocycles. The highest BCUT2D eigenvalue weighted by molar-refractivity contribution is 5.95. The minimum atomic E-state index is -0.550. The SMILES string of the molecule is CC1CC(CN)CN1C(=O)c1cccc(OCC(N)=O)c1.Cl. The second kappa shape index (κ2) is 8.00. The van der Waals surface area contributed by atoms with Crippen LogP contribution in [0.3, 0.4) is 0 Å². The first kappa shape index (κ1) is 18.3. The van der Waals surface area contributed by atoms with Crippen LogP contribution in [0.25, 0.3) is 0 Å². The van der Waals surface area contributed by atoms with Gasteiger partial charge in [-0.1, -0.05) is 6.07 Å². The fourth-order valence-electron chi connectivity index (χ4n) is 2.64. The Morgan fingerprint density at radius 2 is 2.14 bits per heavy atom. The van der Waals surface area contributed by atoms with Gasteiger partial charge >= 0.3 is 0 Å². The normalized spacial score (nSPS) is 20.4. The molecule has 2 atom stereocenters. The molecular formula is C15H22ClN3O3. The molecule has 2 amide bonds. The highest BCUT2D eigenvalue weighted by Gasteiger charge is 2.32. The van der Waals surface area contributed by atoms with Gasteiger partial charge in [-0.25, -0.2) is 0 Å². The molecule has 0 aliphatic carbocycles. The third-order valence-electron chi connectivity index (χ3n) is 3.72. The number of nitrogens with zero attached hydrogens (tertiary/aromatic N) is 1. The summed E-state index contributed by atoms with van der Waals surface area (Å²) in [5.41, 5.74) is 11.3. The lowest BCUT2D eigenvalue weighted by atomic mass is 10.1. The van der Waals surface area contributed by atoms with Crippen LogP contribution in [0.4, 0.5) is 0 Å². The van der Waals surface area contributed by atoms with Crippen LogP contribution in [0.2, 0.25) is 0 Å². The van der Waals surface area contributed by atoms with Crippen LogP contribution >= 0.6 is 12.4 Å². The second-order valence-corrected chi connectivity index (χ2v) is 5.43. The van der Waals surface area contributed by atoms with Crippen molar-refractivity contribution in [1.82, 2.24) is 4.90 Å². The number of amides is 2. The molecule has 0 spiro atoms. The first-order valence-electron chi connectivity index (χ1n) is 7.03. The quantitative estimate of drug-likeness (QED) is 0.835. The zero-order chi connectivity index (χ0) is 15.4. The van der Waals surface area contributed by atoms with Crippen LogP contribution in [0, 0.1) is 5.92 Å². The van der Waals surface area contributed by atoms with Crippen LogP contribution in [0.15, 0.2) is 24.3 Å². The lowest BCUT2D eigenvalue weighted by Gasteiger charge is -2.21. The molecule has 1 fully saturated rings. The fourth-order valence-corrected chi connectivity index (χ4v) is 2.64. The van der Waals surface area contributed by atoms with Crippen molar-refractivity contribution in [3.63, 3.8) is 0 Å². The predicted molar refractivity (Wildman–Crippen MR) is 86.0 cm³/mol. The highest BCUT2D eigenvalue weighted by Crippen LogP contribution is 2.25. The van der Waals surface area contributed by atoms with Crippen LogP contribution < -0.4 is 16.2 Å². The van der Waals surface area contributed by atoms with E-state index in [0.717, 1.165) is 6.42 Å². The lowest BCUT2D eigenvalue weighted by molar-refractivity contribution is -0.119. The third-order valence-corrected chi connectivity index (χ3v) is 3.72. The molecule has 0 radical (unpaired) electrons. The van der Waals surface area contributed by atoms with Crippen molar-refractivity contribution in [1.29, 1.82) is 0 Å². The maximum Gasteiger partial charge on any atom is 0.255 e. The maximum atomic E-state index is 12.5. The zero-order valence-corrected chi connectivity index (χ0v) is 13.3. The van der Waals surface area contributed by atoms with E-state index in [2.05, 4.69) is 0 Å². The molecule has 2 unspecified atom stereocenters. The van der Waals surface area contributed by atoms with Crippen molar-refractivity contribution in [2.24, 2.45) is 17.4 Å². The van der Waals surface area contributed by atoms with Gasteiger partial charge < -0.3 is 21.1 Å². The molecule has 122 valence electrons. The van der Waals surface area contributed by atoms with E-state index in [1.165, 1.54) is 0 Å². The molecule has 6 nitrogen and oxygen atoms in total. The van der Waals surface area contributed by atoms with Gasteiger partial charge in [-0.3, -0.25) is 9.59 Å². The van der Waals surface area contributed by atoms with Crippen molar-refractivity contribution < 1.29 is 14.3 Å². The van der Waals surface area contributed by atoms with Crippen molar-refractivity contribution in [2.75, 3.05) is 19.7 Å². The number of benzene rings is 1. The van der Waals surface area contributed by atoms with E-state index in [1.54, 1.807) is 24.3 Å². The second-order valence-electron chi connectivity index (χ2n) is 5.43. The number of primary amides is 1. The largest absolute Gasteiger partial charge is 0.484 e. The number of ether oxygens (including phenoxy) is 1. The molecule has 1 saturated heterocycles. The van der Waals surface area contributed by atoms with E-state index in [4.69, 9.17) is 16.2 Å². The summed E-state index contributed by atoms with van der Waals surface area (Å²) in [7, 11) is 0. The van der Waals surface area contributed by atoms with Gasteiger partial charge in [-0.2, -0.15) is 0 Å². The van der Waals surface area contributed by atoms with Gasteiger partial charge in [0.25, 0.3) is 11.8 Å². The van der Waals surface area contributed by atoms with E-state index >= 15 is 0 Å². The van der Waals surface area contributed by atoms with Gasteiger partial charge in [0.15, 0.2) is 6.61 Å². The van der Waals surface area contributed by atoms with E-state index < -0.39 is 5.91 Å². The summed E-state index contributed by atoms with van der Waals surface area (Å²) in [4.78, 5) is 25.1. The van der Waals surface area contributed by atoms with Crippen molar-refractivity contribution in [3.8, 4) is 5.75 Å². The zero-order valence-electron chi connectivity index (χ0n) is 12.5. The van der Waals surface area contributed by atoms with Crippen molar-refractivity contribution in [3.05, 3.63) is 29.8 Å². The Bertz CT molecular complexity index is 539.